The van der Waals surface area contributed by atoms with Gasteiger partial charge in [-0.2, -0.15) is 0 Å². The van der Waals surface area contributed by atoms with Crippen LogP contribution in [0, 0.1) is 0 Å². The minimum Gasteiger partial charge on any atom is -0.508 e. The number of phenolic OH excluding ortho intramolecular Hbond substituents is 1. The molecule has 0 bridgehead atoms. The summed E-state index contributed by atoms with van der Waals surface area (Å²) in [5.74, 6) is 0.139. The molecule has 16 heavy (non-hydrogen) atoms. The van der Waals surface area contributed by atoms with Crippen LogP contribution in [-0.2, 0) is 5.41 Å². The topological polar surface area (TPSA) is 73.1 Å². The number of aliphatic hydroxyl groups excluding tert-OH is 1. The number of hydrogen-bond donors (Lipinski definition) is 3. The van der Waals surface area contributed by atoms with Gasteiger partial charge in [-0.3, -0.25) is 0 Å². The van der Waals surface area contributed by atoms with Gasteiger partial charge in [0.05, 0.1) is 6.61 Å². The molecule has 0 aromatic heterocycles. The highest BCUT2D eigenvalue weighted by Gasteiger charge is 2.18. The predicted molar refractivity (Wildman–Crippen MR) is 62.2 cm³/mol. The lowest BCUT2D eigenvalue weighted by molar-refractivity contribution is 0.303. The van der Waals surface area contributed by atoms with Gasteiger partial charge in [0, 0.05) is 5.56 Å². The minimum atomic E-state index is -0.370. The van der Waals surface area contributed by atoms with E-state index in [0.29, 0.717) is 5.56 Å². The fourth-order valence-corrected chi connectivity index (χ4v) is 1.53. The second-order valence-corrected chi connectivity index (χ2v) is 4.69. The van der Waals surface area contributed by atoms with Crippen LogP contribution in [0.25, 0.3) is 0 Å². The molecule has 1 aromatic rings. The quantitative estimate of drug-likeness (QED) is 0.407. The van der Waals surface area contributed by atoms with E-state index >= 15 is 0 Å². The molecule has 0 radical (unpaired) electrons. The zero-order valence-corrected chi connectivity index (χ0v) is 9.73. The van der Waals surface area contributed by atoms with Gasteiger partial charge in [-0.05, 0) is 17.0 Å². The van der Waals surface area contributed by atoms with Crippen LogP contribution in [0.3, 0.4) is 0 Å². The molecular weight excluding hydrogens is 206 g/mol. The molecule has 0 fully saturated rings. The highest BCUT2D eigenvalue weighted by molar-refractivity contribution is 6.01. The Kier molecular flexibility index (Phi) is 3.55. The molecular formula is C12H17NO3. The molecule has 4 nitrogen and oxygen atoms in total. The van der Waals surface area contributed by atoms with E-state index in [0.717, 1.165) is 5.56 Å². The van der Waals surface area contributed by atoms with Crippen LogP contribution in [0.1, 0.15) is 31.9 Å². The maximum absolute atomic E-state index is 9.85. The number of rotatable bonds is 2. The molecule has 0 aliphatic heterocycles. The van der Waals surface area contributed by atoms with Crippen LogP contribution in [0.5, 0.6) is 5.75 Å². The normalized spacial score (nSPS) is 12.9. The van der Waals surface area contributed by atoms with Crippen molar-refractivity contribution in [3.63, 3.8) is 0 Å². The van der Waals surface area contributed by atoms with E-state index in [9.17, 15) is 5.11 Å². The monoisotopic (exact) mass is 223 g/mol. The summed E-state index contributed by atoms with van der Waals surface area (Å²) in [6.45, 7) is 5.61. The Hall–Kier alpha value is -1.55. The summed E-state index contributed by atoms with van der Waals surface area (Å²) in [6.07, 6.45) is 0. The number of nitrogens with zero attached hydrogens (tertiary/aromatic N) is 1. The van der Waals surface area contributed by atoms with Gasteiger partial charge in [0.25, 0.3) is 0 Å². The van der Waals surface area contributed by atoms with Crippen molar-refractivity contribution in [3.05, 3.63) is 29.3 Å². The third kappa shape index (κ3) is 2.52. The molecule has 0 saturated carbocycles. The summed E-state index contributed by atoms with van der Waals surface area (Å²) in [5.41, 5.74) is 1.30. The lowest BCUT2D eigenvalue weighted by Gasteiger charge is -2.20. The van der Waals surface area contributed by atoms with Crippen molar-refractivity contribution in [1.82, 2.24) is 0 Å². The maximum Gasteiger partial charge on any atom is 0.119 e. The van der Waals surface area contributed by atoms with Gasteiger partial charge in [-0.25, -0.2) is 0 Å². The summed E-state index contributed by atoms with van der Waals surface area (Å²) >= 11 is 0. The van der Waals surface area contributed by atoms with E-state index in [1.165, 1.54) is 6.07 Å². The standard InChI is InChI=1S/C12H17NO3/c1-12(2,3)9-5-4-8(6-11(9)15)10(7-14)13-16/h4-6,14-16H,7H2,1-3H3. The molecule has 0 aliphatic carbocycles. The Morgan fingerprint density at radius 3 is 2.31 bits per heavy atom. The number of hydrogen-bond acceptors (Lipinski definition) is 4. The average Bonchev–Trinajstić information content (AvgIpc) is 2.17. The van der Waals surface area contributed by atoms with E-state index in [1.807, 2.05) is 20.8 Å². The number of oxime groups is 1. The summed E-state index contributed by atoms with van der Waals surface area (Å²) in [7, 11) is 0. The van der Waals surface area contributed by atoms with Crippen molar-refractivity contribution in [1.29, 1.82) is 0 Å². The second-order valence-electron chi connectivity index (χ2n) is 4.69. The van der Waals surface area contributed by atoms with Crippen molar-refractivity contribution >= 4 is 5.71 Å². The van der Waals surface area contributed by atoms with Crippen LogP contribution in [0.4, 0.5) is 0 Å². The molecule has 1 aromatic carbocycles. The predicted octanol–water partition coefficient (Wildman–Crippen LogP) is 1.86. The number of benzene rings is 1. The van der Waals surface area contributed by atoms with Gasteiger partial charge >= 0.3 is 0 Å². The molecule has 0 unspecified atom stereocenters. The van der Waals surface area contributed by atoms with Gasteiger partial charge in [-0.1, -0.05) is 38.1 Å². The van der Waals surface area contributed by atoms with E-state index in [4.69, 9.17) is 10.3 Å². The molecule has 3 N–H and O–H groups in total. The van der Waals surface area contributed by atoms with Crippen LogP contribution in [0.2, 0.25) is 0 Å². The van der Waals surface area contributed by atoms with Gasteiger partial charge in [-0.15, -0.1) is 0 Å². The first kappa shape index (κ1) is 12.5. The van der Waals surface area contributed by atoms with Crippen LogP contribution >= 0.6 is 0 Å². The van der Waals surface area contributed by atoms with Crippen LogP contribution < -0.4 is 0 Å². The van der Waals surface area contributed by atoms with Crippen molar-refractivity contribution in [2.45, 2.75) is 26.2 Å². The zero-order chi connectivity index (χ0) is 12.3. The fraction of sp³-hybridized carbons (Fsp3) is 0.417. The Morgan fingerprint density at radius 2 is 1.94 bits per heavy atom. The first-order valence-electron chi connectivity index (χ1n) is 5.06. The first-order chi connectivity index (χ1) is 7.40. The lowest BCUT2D eigenvalue weighted by Crippen LogP contribution is -2.13. The molecule has 88 valence electrons. The van der Waals surface area contributed by atoms with E-state index in [1.54, 1.807) is 12.1 Å². The highest BCUT2D eigenvalue weighted by Crippen LogP contribution is 2.31. The summed E-state index contributed by atoms with van der Waals surface area (Å²) in [4.78, 5) is 0. The van der Waals surface area contributed by atoms with Crippen molar-refractivity contribution in [2.24, 2.45) is 5.16 Å². The summed E-state index contributed by atoms with van der Waals surface area (Å²) in [6, 6.07) is 4.98. The van der Waals surface area contributed by atoms with Crippen LogP contribution in [0.15, 0.2) is 23.4 Å². The molecule has 0 atom stereocenters. The molecule has 0 amide bonds. The molecule has 0 spiro atoms. The van der Waals surface area contributed by atoms with Crippen molar-refractivity contribution in [3.8, 4) is 5.75 Å². The van der Waals surface area contributed by atoms with Gasteiger partial charge in [0.15, 0.2) is 0 Å². The molecule has 0 aliphatic rings. The van der Waals surface area contributed by atoms with Crippen LogP contribution in [-0.4, -0.2) is 27.7 Å². The third-order valence-electron chi connectivity index (χ3n) is 2.41. The Morgan fingerprint density at radius 1 is 1.31 bits per heavy atom. The molecule has 0 heterocycles. The number of phenols is 1. The Balaban J connectivity index is 3.19. The second kappa shape index (κ2) is 4.53. The van der Waals surface area contributed by atoms with E-state index in [-0.39, 0.29) is 23.5 Å². The first-order valence-corrected chi connectivity index (χ1v) is 5.06. The maximum atomic E-state index is 9.85. The van der Waals surface area contributed by atoms with E-state index < -0.39 is 0 Å². The highest BCUT2D eigenvalue weighted by atomic mass is 16.4. The SMILES string of the molecule is CC(C)(C)c1ccc(C(CO)=NO)cc1O. The Labute approximate surface area is 94.9 Å². The zero-order valence-electron chi connectivity index (χ0n) is 9.73. The third-order valence-corrected chi connectivity index (χ3v) is 2.41. The van der Waals surface area contributed by atoms with Gasteiger partial charge < -0.3 is 15.4 Å². The molecule has 1 rings (SSSR count). The average molecular weight is 223 g/mol. The van der Waals surface area contributed by atoms with E-state index in [2.05, 4.69) is 5.16 Å². The molecule has 0 saturated heterocycles. The van der Waals surface area contributed by atoms with Gasteiger partial charge in [0.2, 0.25) is 0 Å². The van der Waals surface area contributed by atoms with Gasteiger partial charge in [0.1, 0.15) is 11.5 Å². The van der Waals surface area contributed by atoms with Crippen molar-refractivity contribution < 1.29 is 15.4 Å². The number of aliphatic hydroxyl groups is 1. The number of aromatic hydroxyl groups is 1. The lowest BCUT2D eigenvalue weighted by atomic mass is 9.85. The Bertz CT molecular complexity index is 405. The summed E-state index contributed by atoms with van der Waals surface area (Å²) in [5, 5.41) is 30.4. The molecule has 4 heteroatoms. The summed E-state index contributed by atoms with van der Waals surface area (Å²) < 4.78 is 0. The van der Waals surface area contributed by atoms with Crippen molar-refractivity contribution in [2.75, 3.05) is 6.61 Å². The largest absolute Gasteiger partial charge is 0.508 e. The smallest absolute Gasteiger partial charge is 0.119 e. The minimum absolute atomic E-state index is 0.135. The fourth-order valence-electron chi connectivity index (χ4n) is 1.53.